The Morgan fingerprint density at radius 2 is 1.75 bits per heavy atom. The first-order valence-corrected chi connectivity index (χ1v) is 9.76. The number of amides is 1. The van der Waals surface area contributed by atoms with E-state index in [4.69, 9.17) is 23.2 Å². The summed E-state index contributed by atoms with van der Waals surface area (Å²) < 4.78 is 0. The Bertz CT molecular complexity index is 566. The number of hydrogen-bond acceptors (Lipinski definition) is 2. The van der Waals surface area contributed by atoms with Crippen molar-refractivity contribution in [3.63, 3.8) is 0 Å². The lowest BCUT2D eigenvalue weighted by Gasteiger charge is -2.42. The summed E-state index contributed by atoms with van der Waals surface area (Å²) in [6.45, 7) is 2.36. The molecule has 1 heterocycles. The lowest BCUT2D eigenvalue weighted by Crippen LogP contribution is -2.53. The van der Waals surface area contributed by atoms with Crippen LogP contribution in [0.4, 0.5) is 0 Å². The Morgan fingerprint density at radius 1 is 1.12 bits per heavy atom. The van der Waals surface area contributed by atoms with Gasteiger partial charge in [0, 0.05) is 29.2 Å². The number of hydrogen-bond donors (Lipinski definition) is 0. The smallest absolute Gasteiger partial charge is 0.227 e. The monoisotopic (exact) mass is 368 g/mol. The van der Waals surface area contributed by atoms with Gasteiger partial charge >= 0.3 is 0 Å². The summed E-state index contributed by atoms with van der Waals surface area (Å²) in [5, 5.41) is 1.15. The lowest BCUT2D eigenvalue weighted by molar-refractivity contribution is -0.133. The van der Waals surface area contributed by atoms with Crippen LogP contribution in [-0.2, 0) is 11.2 Å². The Balaban J connectivity index is 1.71. The lowest BCUT2D eigenvalue weighted by atomic mass is 9.88. The van der Waals surface area contributed by atoms with Gasteiger partial charge in [0.05, 0.1) is 6.42 Å². The predicted octanol–water partition coefficient (Wildman–Crippen LogP) is 4.40. The summed E-state index contributed by atoms with van der Waals surface area (Å²) in [6.07, 6.45) is 7.63. The van der Waals surface area contributed by atoms with E-state index in [1.54, 1.807) is 12.1 Å². The van der Waals surface area contributed by atoms with Gasteiger partial charge in [0.1, 0.15) is 0 Å². The molecule has 132 valence electrons. The van der Waals surface area contributed by atoms with Gasteiger partial charge in [-0.2, -0.15) is 0 Å². The number of likely N-dealkylation sites (N-methyl/N-ethyl adjacent to an activating group) is 1. The van der Waals surface area contributed by atoms with Crippen LogP contribution < -0.4 is 0 Å². The first kappa shape index (κ1) is 18.0. The SMILES string of the molecule is CN(C(=O)Cc1c(Cl)cccc1Cl)C1CCCC[C@@H]1N1CCCC1. The third-order valence-electron chi connectivity index (χ3n) is 5.58. The normalized spacial score (nSPS) is 25.0. The van der Waals surface area contributed by atoms with Crippen LogP contribution in [0.2, 0.25) is 10.0 Å². The van der Waals surface area contributed by atoms with Crippen molar-refractivity contribution in [3.05, 3.63) is 33.8 Å². The van der Waals surface area contributed by atoms with Crippen LogP contribution in [0.5, 0.6) is 0 Å². The zero-order chi connectivity index (χ0) is 17.1. The molecule has 2 fully saturated rings. The van der Waals surface area contributed by atoms with Crippen molar-refractivity contribution >= 4 is 29.1 Å². The number of likely N-dealkylation sites (tertiary alicyclic amines) is 1. The first-order valence-electron chi connectivity index (χ1n) is 9.00. The number of nitrogens with zero attached hydrogens (tertiary/aromatic N) is 2. The fraction of sp³-hybridized carbons (Fsp3) is 0.632. The van der Waals surface area contributed by atoms with Crippen LogP contribution in [0.25, 0.3) is 0 Å². The average Bonchev–Trinajstić information content (AvgIpc) is 3.12. The molecule has 3 nitrogen and oxygen atoms in total. The highest BCUT2D eigenvalue weighted by Crippen LogP contribution is 2.30. The molecule has 1 amide bonds. The van der Waals surface area contributed by atoms with Gasteiger partial charge in [-0.3, -0.25) is 9.69 Å². The molecule has 2 aliphatic rings. The molecule has 1 aliphatic carbocycles. The molecule has 1 aliphatic heterocycles. The molecule has 1 aromatic carbocycles. The van der Waals surface area contributed by atoms with E-state index in [0.717, 1.165) is 12.0 Å². The fourth-order valence-electron chi connectivity index (χ4n) is 4.20. The minimum absolute atomic E-state index is 0.112. The van der Waals surface area contributed by atoms with Crippen molar-refractivity contribution < 1.29 is 4.79 Å². The second-order valence-corrected chi connectivity index (χ2v) is 7.86. The third-order valence-corrected chi connectivity index (χ3v) is 6.29. The summed E-state index contributed by atoms with van der Waals surface area (Å²) in [6, 6.07) is 6.22. The maximum absolute atomic E-state index is 12.9. The molecular weight excluding hydrogens is 343 g/mol. The molecule has 0 aromatic heterocycles. The summed E-state index contributed by atoms with van der Waals surface area (Å²) in [5.74, 6) is 0.112. The van der Waals surface area contributed by atoms with Crippen LogP contribution in [0.1, 0.15) is 44.1 Å². The average molecular weight is 369 g/mol. The van der Waals surface area contributed by atoms with Crippen LogP contribution in [0.15, 0.2) is 18.2 Å². The molecule has 0 N–H and O–H groups in total. The topological polar surface area (TPSA) is 23.6 Å². The number of rotatable bonds is 4. The van der Waals surface area contributed by atoms with Crippen molar-refractivity contribution in [1.29, 1.82) is 0 Å². The van der Waals surface area contributed by atoms with Gasteiger partial charge in [0.25, 0.3) is 0 Å². The van der Waals surface area contributed by atoms with Crippen molar-refractivity contribution in [2.24, 2.45) is 0 Å². The first-order chi connectivity index (χ1) is 11.6. The van der Waals surface area contributed by atoms with Gasteiger partial charge in [0.15, 0.2) is 0 Å². The van der Waals surface area contributed by atoms with Gasteiger partial charge in [-0.25, -0.2) is 0 Å². The van der Waals surface area contributed by atoms with Gasteiger partial charge in [-0.1, -0.05) is 42.1 Å². The molecule has 3 rings (SSSR count). The van der Waals surface area contributed by atoms with Crippen molar-refractivity contribution in [2.45, 2.75) is 57.0 Å². The van der Waals surface area contributed by atoms with Crippen molar-refractivity contribution in [2.75, 3.05) is 20.1 Å². The molecule has 1 unspecified atom stereocenters. The van der Waals surface area contributed by atoms with E-state index in [0.29, 0.717) is 22.1 Å². The number of benzene rings is 1. The fourth-order valence-corrected chi connectivity index (χ4v) is 4.74. The second-order valence-electron chi connectivity index (χ2n) is 7.04. The molecule has 0 radical (unpaired) electrons. The highest BCUT2D eigenvalue weighted by atomic mass is 35.5. The van der Waals surface area contributed by atoms with Crippen LogP contribution in [0.3, 0.4) is 0 Å². The van der Waals surface area contributed by atoms with Crippen LogP contribution in [-0.4, -0.2) is 47.9 Å². The highest BCUT2D eigenvalue weighted by molar-refractivity contribution is 6.36. The van der Waals surface area contributed by atoms with E-state index >= 15 is 0 Å². The molecule has 1 saturated heterocycles. The van der Waals surface area contributed by atoms with E-state index in [1.165, 1.54) is 45.2 Å². The standard InChI is InChI=1S/C19H26Cl2N2O/c1-22(19(24)13-14-15(20)7-6-8-16(14)21)17-9-2-3-10-18(17)23-11-4-5-12-23/h6-8,17-18H,2-5,9-13H2,1H3/t17?,18-/m0/s1. The maximum Gasteiger partial charge on any atom is 0.227 e. The van der Waals surface area contributed by atoms with Gasteiger partial charge < -0.3 is 4.90 Å². The zero-order valence-electron chi connectivity index (χ0n) is 14.3. The summed E-state index contributed by atoms with van der Waals surface area (Å²) in [7, 11) is 1.95. The molecule has 5 heteroatoms. The van der Waals surface area contributed by atoms with Crippen LogP contribution in [0, 0.1) is 0 Å². The predicted molar refractivity (Wildman–Crippen MR) is 99.8 cm³/mol. The molecule has 2 atom stereocenters. The van der Waals surface area contributed by atoms with E-state index < -0.39 is 0 Å². The Hall–Kier alpha value is -0.770. The minimum Gasteiger partial charge on any atom is -0.341 e. The summed E-state index contributed by atoms with van der Waals surface area (Å²) in [4.78, 5) is 17.4. The minimum atomic E-state index is 0.112. The Labute approximate surface area is 154 Å². The molecule has 1 saturated carbocycles. The van der Waals surface area contributed by atoms with Gasteiger partial charge in [-0.15, -0.1) is 0 Å². The second kappa shape index (κ2) is 8.07. The van der Waals surface area contributed by atoms with Gasteiger partial charge in [0.2, 0.25) is 5.91 Å². The van der Waals surface area contributed by atoms with Crippen molar-refractivity contribution in [3.8, 4) is 0 Å². The molecule has 0 spiro atoms. The van der Waals surface area contributed by atoms with Crippen LogP contribution >= 0.6 is 23.2 Å². The number of halogens is 2. The highest BCUT2D eigenvalue weighted by Gasteiger charge is 2.35. The summed E-state index contributed by atoms with van der Waals surface area (Å²) >= 11 is 12.5. The Kier molecular flexibility index (Phi) is 6.07. The van der Waals surface area contributed by atoms with E-state index in [2.05, 4.69) is 4.90 Å². The number of carbonyl (C=O) groups excluding carboxylic acids is 1. The number of carbonyl (C=O) groups is 1. The van der Waals surface area contributed by atoms with Gasteiger partial charge in [-0.05, 0) is 56.5 Å². The van der Waals surface area contributed by atoms with E-state index in [9.17, 15) is 4.79 Å². The zero-order valence-corrected chi connectivity index (χ0v) is 15.8. The molecule has 1 aromatic rings. The largest absolute Gasteiger partial charge is 0.341 e. The van der Waals surface area contributed by atoms with E-state index in [1.807, 2.05) is 18.0 Å². The maximum atomic E-state index is 12.9. The van der Waals surface area contributed by atoms with E-state index in [-0.39, 0.29) is 12.3 Å². The third kappa shape index (κ3) is 3.89. The Morgan fingerprint density at radius 3 is 2.42 bits per heavy atom. The molecular formula is C19H26Cl2N2O. The van der Waals surface area contributed by atoms with Crippen molar-refractivity contribution in [1.82, 2.24) is 9.80 Å². The quantitative estimate of drug-likeness (QED) is 0.785. The molecule has 24 heavy (non-hydrogen) atoms. The molecule has 0 bridgehead atoms. The summed E-state index contributed by atoms with van der Waals surface area (Å²) in [5.41, 5.74) is 0.742.